The minimum Gasteiger partial charge on any atom is -0.444 e. The number of hydrogen-bond acceptors (Lipinski definition) is 3. The van der Waals surface area contributed by atoms with E-state index in [1.54, 1.807) is 6.20 Å². The molecule has 1 N–H and O–H groups in total. The van der Waals surface area contributed by atoms with Gasteiger partial charge in [0.15, 0.2) is 0 Å². The first-order valence-corrected chi connectivity index (χ1v) is 7.35. The Kier molecular flexibility index (Phi) is 4.54. The van der Waals surface area contributed by atoms with Crippen molar-refractivity contribution in [2.45, 2.75) is 46.3 Å². The highest BCUT2D eigenvalue weighted by Crippen LogP contribution is 2.21. The number of hydrogen-bond donors (Lipinski definition) is 1. The van der Waals surface area contributed by atoms with Gasteiger partial charge in [-0.2, -0.15) is 0 Å². The number of rotatable bonds is 3. The van der Waals surface area contributed by atoms with E-state index in [1.807, 2.05) is 58.2 Å². The highest BCUT2D eigenvalue weighted by atomic mass is 16.6. The summed E-state index contributed by atoms with van der Waals surface area (Å²) < 4.78 is 7.34. The van der Waals surface area contributed by atoms with Gasteiger partial charge in [0.05, 0.1) is 6.04 Å². The van der Waals surface area contributed by atoms with Crippen molar-refractivity contribution in [3.8, 4) is 0 Å². The summed E-state index contributed by atoms with van der Waals surface area (Å²) >= 11 is 0. The molecule has 1 aromatic carbocycles. The fraction of sp³-hybridized carbons (Fsp3) is 0.412. The van der Waals surface area contributed by atoms with Gasteiger partial charge in [-0.15, -0.1) is 0 Å². The average Bonchev–Trinajstić information content (AvgIpc) is 2.83. The Morgan fingerprint density at radius 2 is 1.91 bits per heavy atom. The SMILES string of the molecule is Cc1nccn1[C@@H](C)c1ccc(NC(=O)OC(C)(C)C)cc1. The number of benzene rings is 1. The Morgan fingerprint density at radius 1 is 1.27 bits per heavy atom. The number of anilines is 1. The number of aryl methyl sites for hydroxylation is 1. The summed E-state index contributed by atoms with van der Waals surface area (Å²) in [6.45, 7) is 9.61. The predicted octanol–water partition coefficient (Wildman–Crippen LogP) is 4.15. The van der Waals surface area contributed by atoms with Crippen LogP contribution in [0.1, 0.15) is 45.1 Å². The van der Waals surface area contributed by atoms with Crippen LogP contribution in [0.5, 0.6) is 0 Å². The maximum absolute atomic E-state index is 11.7. The lowest BCUT2D eigenvalue weighted by Gasteiger charge is -2.20. The molecule has 0 unspecified atom stereocenters. The molecule has 0 aliphatic rings. The van der Waals surface area contributed by atoms with Crippen molar-refractivity contribution in [3.63, 3.8) is 0 Å². The second kappa shape index (κ2) is 6.22. The van der Waals surface area contributed by atoms with Crippen molar-refractivity contribution in [2.24, 2.45) is 0 Å². The molecule has 118 valence electrons. The molecular formula is C17H23N3O2. The van der Waals surface area contributed by atoms with E-state index in [0.29, 0.717) is 5.69 Å². The molecule has 5 heteroatoms. The quantitative estimate of drug-likeness (QED) is 0.926. The number of amides is 1. The van der Waals surface area contributed by atoms with Crippen LogP contribution in [0.2, 0.25) is 0 Å². The van der Waals surface area contributed by atoms with E-state index in [9.17, 15) is 4.79 Å². The molecule has 0 aliphatic heterocycles. The minimum absolute atomic E-state index is 0.193. The third-order valence-electron chi connectivity index (χ3n) is 3.32. The van der Waals surface area contributed by atoms with Gasteiger partial charge in [-0.3, -0.25) is 5.32 Å². The Balaban J connectivity index is 2.04. The van der Waals surface area contributed by atoms with E-state index in [2.05, 4.69) is 21.8 Å². The number of imidazole rings is 1. The lowest BCUT2D eigenvalue weighted by atomic mass is 10.1. The number of carbonyl (C=O) groups excluding carboxylic acids is 1. The van der Waals surface area contributed by atoms with Crippen molar-refractivity contribution < 1.29 is 9.53 Å². The van der Waals surface area contributed by atoms with E-state index in [1.165, 1.54) is 0 Å². The van der Waals surface area contributed by atoms with Gasteiger partial charge in [0.25, 0.3) is 0 Å². The van der Waals surface area contributed by atoms with Crippen molar-refractivity contribution in [2.75, 3.05) is 5.32 Å². The van der Waals surface area contributed by atoms with Crippen LogP contribution in [-0.2, 0) is 4.74 Å². The van der Waals surface area contributed by atoms with Gasteiger partial charge in [0.1, 0.15) is 11.4 Å². The summed E-state index contributed by atoms with van der Waals surface area (Å²) in [5, 5.41) is 2.73. The lowest BCUT2D eigenvalue weighted by molar-refractivity contribution is 0.0636. The van der Waals surface area contributed by atoms with Gasteiger partial charge in [-0.1, -0.05) is 12.1 Å². The number of nitrogens with one attached hydrogen (secondary N) is 1. The number of aromatic nitrogens is 2. The molecule has 1 atom stereocenters. The summed E-state index contributed by atoms with van der Waals surface area (Å²) in [6, 6.07) is 7.94. The first kappa shape index (κ1) is 16.1. The summed E-state index contributed by atoms with van der Waals surface area (Å²) in [5.74, 6) is 0.975. The second-order valence-electron chi connectivity index (χ2n) is 6.31. The van der Waals surface area contributed by atoms with Crippen molar-refractivity contribution in [1.29, 1.82) is 0 Å². The molecule has 2 rings (SSSR count). The van der Waals surface area contributed by atoms with Gasteiger partial charge in [-0.25, -0.2) is 9.78 Å². The molecule has 1 amide bonds. The summed E-state index contributed by atoms with van der Waals surface area (Å²) in [6.07, 6.45) is 3.32. The normalized spacial score (nSPS) is 12.8. The lowest BCUT2D eigenvalue weighted by Crippen LogP contribution is -2.27. The Bertz CT molecular complexity index is 639. The summed E-state index contributed by atoms with van der Waals surface area (Å²) in [7, 11) is 0. The van der Waals surface area contributed by atoms with E-state index >= 15 is 0 Å². The predicted molar refractivity (Wildman–Crippen MR) is 87.1 cm³/mol. The van der Waals surface area contributed by atoms with Crippen molar-refractivity contribution in [1.82, 2.24) is 9.55 Å². The van der Waals surface area contributed by atoms with E-state index in [0.717, 1.165) is 11.4 Å². The molecule has 2 aromatic rings. The topological polar surface area (TPSA) is 56.2 Å². The van der Waals surface area contributed by atoms with Gasteiger partial charge in [-0.05, 0) is 52.3 Å². The Morgan fingerprint density at radius 3 is 2.41 bits per heavy atom. The maximum atomic E-state index is 11.7. The smallest absolute Gasteiger partial charge is 0.412 e. The standard InChI is InChI=1S/C17H23N3O2/c1-12(20-11-10-18-13(20)2)14-6-8-15(9-7-14)19-16(21)22-17(3,4)5/h6-12H,1-5H3,(H,19,21)/t12-/m0/s1. The minimum atomic E-state index is -0.502. The molecule has 0 spiro atoms. The molecule has 0 radical (unpaired) electrons. The zero-order valence-electron chi connectivity index (χ0n) is 13.8. The average molecular weight is 301 g/mol. The van der Waals surface area contributed by atoms with Crippen molar-refractivity contribution >= 4 is 11.8 Å². The third kappa shape index (κ3) is 4.10. The van der Waals surface area contributed by atoms with Gasteiger partial charge >= 0.3 is 6.09 Å². The largest absolute Gasteiger partial charge is 0.444 e. The third-order valence-corrected chi connectivity index (χ3v) is 3.32. The maximum Gasteiger partial charge on any atom is 0.412 e. The Hall–Kier alpha value is -2.30. The fourth-order valence-electron chi connectivity index (χ4n) is 2.22. The number of nitrogens with zero attached hydrogens (tertiary/aromatic N) is 2. The Labute approximate surface area is 131 Å². The first-order valence-electron chi connectivity index (χ1n) is 7.35. The van der Waals surface area contributed by atoms with Gasteiger partial charge < -0.3 is 9.30 Å². The molecule has 0 saturated carbocycles. The molecule has 0 aliphatic carbocycles. The number of ether oxygens (including phenoxy) is 1. The van der Waals surface area contributed by atoms with Gasteiger partial charge in [0.2, 0.25) is 0 Å². The van der Waals surface area contributed by atoms with Crippen LogP contribution >= 0.6 is 0 Å². The van der Waals surface area contributed by atoms with Crippen LogP contribution in [-0.4, -0.2) is 21.2 Å². The fourth-order valence-corrected chi connectivity index (χ4v) is 2.22. The highest BCUT2D eigenvalue weighted by Gasteiger charge is 2.16. The number of carbonyl (C=O) groups is 1. The summed E-state index contributed by atoms with van der Waals surface area (Å²) in [5.41, 5.74) is 1.36. The highest BCUT2D eigenvalue weighted by molar-refractivity contribution is 5.84. The van der Waals surface area contributed by atoms with Crippen LogP contribution in [0.3, 0.4) is 0 Å². The van der Waals surface area contributed by atoms with Crippen LogP contribution in [0.25, 0.3) is 0 Å². The first-order chi connectivity index (χ1) is 10.3. The zero-order chi connectivity index (χ0) is 16.3. The summed E-state index contributed by atoms with van der Waals surface area (Å²) in [4.78, 5) is 16.0. The monoisotopic (exact) mass is 301 g/mol. The second-order valence-corrected chi connectivity index (χ2v) is 6.31. The molecule has 5 nitrogen and oxygen atoms in total. The molecule has 1 aromatic heterocycles. The molecule has 0 bridgehead atoms. The molecular weight excluding hydrogens is 278 g/mol. The zero-order valence-corrected chi connectivity index (χ0v) is 13.8. The molecule has 22 heavy (non-hydrogen) atoms. The van der Waals surface area contributed by atoms with Gasteiger partial charge in [0, 0.05) is 18.1 Å². The van der Waals surface area contributed by atoms with Crippen LogP contribution in [0, 0.1) is 6.92 Å². The van der Waals surface area contributed by atoms with E-state index in [4.69, 9.17) is 4.74 Å². The van der Waals surface area contributed by atoms with Crippen LogP contribution < -0.4 is 5.32 Å². The molecule has 1 heterocycles. The van der Waals surface area contributed by atoms with E-state index in [-0.39, 0.29) is 6.04 Å². The molecule has 0 fully saturated rings. The van der Waals surface area contributed by atoms with E-state index < -0.39 is 11.7 Å². The van der Waals surface area contributed by atoms with Crippen molar-refractivity contribution in [3.05, 3.63) is 48.0 Å². The van der Waals surface area contributed by atoms with Crippen LogP contribution in [0.15, 0.2) is 36.7 Å². The molecule has 0 saturated heterocycles. The van der Waals surface area contributed by atoms with Crippen LogP contribution in [0.4, 0.5) is 10.5 Å².